The van der Waals surface area contributed by atoms with Crippen molar-refractivity contribution in [2.24, 2.45) is 0 Å². The van der Waals surface area contributed by atoms with Crippen molar-refractivity contribution in [3.63, 3.8) is 0 Å². The summed E-state index contributed by atoms with van der Waals surface area (Å²) in [6, 6.07) is 13.4. The maximum atomic E-state index is 12.1. The number of methoxy groups -OCH3 is 1. The number of ether oxygens (including phenoxy) is 2. The Hall–Kier alpha value is -2.47. The molecular weight excluding hydrogens is 350 g/mol. The van der Waals surface area contributed by atoms with Crippen LogP contribution in [0.15, 0.2) is 47.4 Å². The van der Waals surface area contributed by atoms with E-state index in [1.54, 1.807) is 23.9 Å². The SMILES string of the molecule is COc1ccc(C)cc1C(=O)OCC(=O)NCCSc1ccc(C)cc1. The van der Waals surface area contributed by atoms with Gasteiger partial charge in [-0.25, -0.2) is 4.79 Å². The number of hydrogen-bond donors (Lipinski definition) is 1. The summed E-state index contributed by atoms with van der Waals surface area (Å²) >= 11 is 1.66. The Balaban J connectivity index is 1.72. The number of nitrogens with one attached hydrogen (secondary N) is 1. The average Bonchev–Trinajstić information content (AvgIpc) is 2.64. The van der Waals surface area contributed by atoms with E-state index in [0.29, 0.717) is 17.9 Å². The van der Waals surface area contributed by atoms with Crippen molar-refractivity contribution in [1.82, 2.24) is 5.32 Å². The molecular formula is C20H23NO4S. The van der Waals surface area contributed by atoms with E-state index < -0.39 is 5.97 Å². The van der Waals surface area contributed by atoms with Gasteiger partial charge in [0, 0.05) is 17.2 Å². The summed E-state index contributed by atoms with van der Waals surface area (Å²) in [5.41, 5.74) is 2.44. The number of hydrogen-bond acceptors (Lipinski definition) is 5. The number of benzene rings is 2. The molecule has 0 spiro atoms. The third kappa shape index (κ3) is 6.11. The first-order valence-electron chi connectivity index (χ1n) is 8.27. The smallest absolute Gasteiger partial charge is 0.342 e. The molecule has 0 aliphatic rings. The van der Waals surface area contributed by atoms with E-state index >= 15 is 0 Å². The van der Waals surface area contributed by atoms with Crippen LogP contribution in [0, 0.1) is 13.8 Å². The monoisotopic (exact) mass is 373 g/mol. The Bertz CT molecular complexity index is 759. The van der Waals surface area contributed by atoms with Crippen molar-refractivity contribution in [3.8, 4) is 5.75 Å². The number of thioether (sulfide) groups is 1. The minimum atomic E-state index is -0.574. The second-order valence-corrected chi connectivity index (χ2v) is 6.96. The van der Waals surface area contributed by atoms with Gasteiger partial charge in [-0.15, -0.1) is 11.8 Å². The summed E-state index contributed by atoms with van der Waals surface area (Å²) in [4.78, 5) is 25.1. The van der Waals surface area contributed by atoms with Crippen molar-refractivity contribution in [3.05, 3.63) is 59.2 Å². The lowest BCUT2D eigenvalue weighted by atomic mass is 10.1. The van der Waals surface area contributed by atoms with Crippen LogP contribution in [-0.4, -0.2) is 37.9 Å². The topological polar surface area (TPSA) is 64.6 Å². The van der Waals surface area contributed by atoms with Crippen LogP contribution in [-0.2, 0) is 9.53 Å². The second-order valence-electron chi connectivity index (χ2n) is 5.79. The zero-order chi connectivity index (χ0) is 18.9. The maximum absolute atomic E-state index is 12.1. The zero-order valence-corrected chi connectivity index (χ0v) is 16.0. The van der Waals surface area contributed by atoms with Crippen LogP contribution < -0.4 is 10.1 Å². The third-order valence-corrected chi connectivity index (χ3v) is 4.64. The predicted molar refractivity (Wildman–Crippen MR) is 103 cm³/mol. The van der Waals surface area contributed by atoms with Gasteiger partial charge in [0.1, 0.15) is 11.3 Å². The highest BCUT2D eigenvalue weighted by molar-refractivity contribution is 7.99. The van der Waals surface area contributed by atoms with Crippen molar-refractivity contribution >= 4 is 23.6 Å². The lowest BCUT2D eigenvalue weighted by Gasteiger charge is -2.10. The highest BCUT2D eigenvalue weighted by Gasteiger charge is 2.15. The molecule has 5 nitrogen and oxygen atoms in total. The minimum absolute atomic E-state index is 0.314. The first kappa shape index (κ1) is 19.8. The number of carbonyl (C=O) groups excluding carboxylic acids is 2. The third-order valence-electron chi connectivity index (χ3n) is 3.62. The summed E-state index contributed by atoms with van der Waals surface area (Å²) in [7, 11) is 1.49. The standard InChI is InChI=1S/C20H23NO4S/c1-14-4-7-16(8-5-14)26-11-10-21-19(22)13-25-20(23)17-12-15(2)6-9-18(17)24-3/h4-9,12H,10-11,13H2,1-3H3,(H,21,22). The van der Waals surface area contributed by atoms with Crippen molar-refractivity contribution in [1.29, 1.82) is 0 Å². The maximum Gasteiger partial charge on any atom is 0.342 e. The van der Waals surface area contributed by atoms with Crippen molar-refractivity contribution in [2.45, 2.75) is 18.7 Å². The van der Waals surface area contributed by atoms with Crippen molar-refractivity contribution < 1.29 is 19.1 Å². The average molecular weight is 373 g/mol. The van der Waals surface area contributed by atoms with E-state index in [-0.39, 0.29) is 12.5 Å². The van der Waals surface area contributed by atoms with E-state index in [9.17, 15) is 9.59 Å². The number of carbonyl (C=O) groups is 2. The predicted octanol–water partition coefficient (Wildman–Crippen LogP) is 3.38. The Labute approximate surface area is 158 Å². The summed E-state index contributed by atoms with van der Waals surface area (Å²) in [6.45, 7) is 4.10. The molecule has 0 unspecified atom stereocenters. The van der Waals surface area contributed by atoms with Crippen LogP contribution in [0.25, 0.3) is 0 Å². The van der Waals surface area contributed by atoms with Gasteiger partial charge in [-0.1, -0.05) is 29.3 Å². The van der Waals surface area contributed by atoms with Gasteiger partial charge in [0.15, 0.2) is 6.61 Å². The van der Waals surface area contributed by atoms with Crippen LogP contribution in [0.2, 0.25) is 0 Å². The number of esters is 1. The molecule has 2 rings (SSSR count). The molecule has 6 heteroatoms. The molecule has 26 heavy (non-hydrogen) atoms. The van der Waals surface area contributed by atoms with Crippen LogP contribution in [0.1, 0.15) is 21.5 Å². The molecule has 0 fully saturated rings. The molecule has 2 aromatic rings. The Morgan fingerprint density at radius 3 is 2.42 bits per heavy atom. The fourth-order valence-electron chi connectivity index (χ4n) is 2.24. The number of amides is 1. The summed E-state index contributed by atoms with van der Waals surface area (Å²) in [5.74, 6) is 0.272. The molecule has 0 aliphatic heterocycles. The van der Waals surface area contributed by atoms with Crippen LogP contribution in [0.4, 0.5) is 0 Å². The van der Waals surface area contributed by atoms with Crippen LogP contribution >= 0.6 is 11.8 Å². The molecule has 0 atom stereocenters. The molecule has 0 bridgehead atoms. The van der Waals surface area contributed by atoms with Gasteiger partial charge >= 0.3 is 5.97 Å². The second kappa shape index (κ2) is 9.87. The molecule has 1 N–H and O–H groups in total. The normalized spacial score (nSPS) is 10.3. The molecule has 0 radical (unpaired) electrons. The fraction of sp³-hybridized carbons (Fsp3) is 0.300. The van der Waals surface area contributed by atoms with Gasteiger partial charge in [-0.2, -0.15) is 0 Å². The van der Waals surface area contributed by atoms with Gasteiger partial charge in [0.05, 0.1) is 7.11 Å². The first-order chi connectivity index (χ1) is 12.5. The molecule has 0 heterocycles. The van der Waals surface area contributed by atoms with Crippen LogP contribution in [0.3, 0.4) is 0 Å². The largest absolute Gasteiger partial charge is 0.496 e. The zero-order valence-electron chi connectivity index (χ0n) is 15.2. The Kier molecular flexibility index (Phi) is 7.53. The molecule has 2 aromatic carbocycles. The Morgan fingerprint density at radius 2 is 1.73 bits per heavy atom. The number of rotatable bonds is 8. The molecule has 0 saturated heterocycles. The summed E-state index contributed by atoms with van der Waals surface area (Å²) < 4.78 is 10.2. The molecule has 0 aliphatic carbocycles. The highest BCUT2D eigenvalue weighted by atomic mass is 32.2. The molecule has 1 amide bonds. The van der Waals surface area contributed by atoms with E-state index in [1.807, 2.05) is 19.9 Å². The lowest BCUT2D eigenvalue weighted by molar-refractivity contribution is -0.124. The van der Waals surface area contributed by atoms with E-state index in [4.69, 9.17) is 9.47 Å². The van der Waals surface area contributed by atoms with Gasteiger partial charge < -0.3 is 14.8 Å². The van der Waals surface area contributed by atoms with Gasteiger partial charge in [-0.3, -0.25) is 4.79 Å². The fourth-order valence-corrected chi connectivity index (χ4v) is 3.00. The van der Waals surface area contributed by atoms with E-state index in [1.165, 1.54) is 12.7 Å². The first-order valence-corrected chi connectivity index (χ1v) is 9.26. The van der Waals surface area contributed by atoms with E-state index in [0.717, 1.165) is 16.2 Å². The summed E-state index contributed by atoms with van der Waals surface area (Å²) in [6.07, 6.45) is 0. The quantitative estimate of drug-likeness (QED) is 0.437. The molecule has 0 aromatic heterocycles. The van der Waals surface area contributed by atoms with Gasteiger partial charge in [-0.05, 0) is 38.1 Å². The van der Waals surface area contributed by atoms with Crippen LogP contribution in [0.5, 0.6) is 5.75 Å². The molecule has 138 valence electrons. The summed E-state index contributed by atoms with van der Waals surface area (Å²) in [5, 5.41) is 2.74. The van der Waals surface area contributed by atoms with Gasteiger partial charge in [0.2, 0.25) is 0 Å². The van der Waals surface area contributed by atoms with Crippen molar-refractivity contribution in [2.75, 3.05) is 26.0 Å². The van der Waals surface area contributed by atoms with E-state index in [2.05, 4.69) is 29.6 Å². The van der Waals surface area contributed by atoms with Gasteiger partial charge in [0.25, 0.3) is 5.91 Å². The Morgan fingerprint density at radius 1 is 1.04 bits per heavy atom. The number of aryl methyl sites for hydroxylation is 2. The lowest BCUT2D eigenvalue weighted by Crippen LogP contribution is -2.30. The molecule has 0 saturated carbocycles. The minimum Gasteiger partial charge on any atom is -0.496 e. The highest BCUT2D eigenvalue weighted by Crippen LogP contribution is 2.20.